The number of halogens is 1. The van der Waals surface area contributed by atoms with Crippen LogP contribution in [0.5, 0.6) is 0 Å². The van der Waals surface area contributed by atoms with Crippen LogP contribution < -0.4 is 10.9 Å². The van der Waals surface area contributed by atoms with Crippen molar-refractivity contribution in [2.45, 2.75) is 25.0 Å². The number of hydrogen-bond acceptors (Lipinski definition) is 7. The Morgan fingerprint density at radius 1 is 1.11 bits per heavy atom. The van der Waals surface area contributed by atoms with E-state index in [9.17, 15) is 18.8 Å². The number of nitrogens with zero attached hydrogens (tertiary/aromatic N) is 4. The summed E-state index contributed by atoms with van der Waals surface area (Å²) in [5, 5.41) is 4.96. The van der Waals surface area contributed by atoms with E-state index in [0.29, 0.717) is 10.6 Å². The Bertz CT molecular complexity index is 1450. The molecule has 0 atom stereocenters. The third kappa shape index (κ3) is 4.57. The minimum Gasteiger partial charge on any atom is -0.445 e. The molecule has 0 bridgehead atoms. The highest BCUT2D eigenvalue weighted by molar-refractivity contribution is 7.13. The van der Waals surface area contributed by atoms with Gasteiger partial charge in [0.25, 0.3) is 11.5 Å². The molecule has 5 rings (SSSR count). The number of likely N-dealkylation sites (tertiary alicyclic amines) is 1. The molecule has 0 saturated carbocycles. The molecule has 2 aromatic carbocycles. The van der Waals surface area contributed by atoms with Gasteiger partial charge in [0.2, 0.25) is 0 Å². The summed E-state index contributed by atoms with van der Waals surface area (Å²) in [6.45, 7) is 0.477. The lowest BCUT2D eigenvalue weighted by atomic mass is 9.86. The first-order chi connectivity index (χ1) is 17.5. The van der Waals surface area contributed by atoms with E-state index in [1.807, 2.05) is 30.3 Å². The van der Waals surface area contributed by atoms with Gasteiger partial charge in [0.15, 0.2) is 5.13 Å². The highest BCUT2D eigenvalue weighted by Gasteiger charge is 2.45. The molecule has 11 heteroatoms. The number of thiazole rings is 1. The molecule has 1 aliphatic rings. The van der Waals surface area contributed by atoms with E-state index in [-0.39, 0.29) is 37.9 Å². The number of aromatic nitrogens is 3. The summed E-state index contributed by atoms with van der Waals surface area (Å²) < 4.78 is 20.6. The lowest BCUT2D eigenvalue weighted by Crippen LogP contribution is -2.57. The second-order valence-electron chi connectivity index (χ2n) is 8.43. The number of piperidine rings is 1. The van der Waals surface area contributed by atoms with Crippen molar-refractivity contribution in [1.29, 1.82) is 0 Å². The Morgan fingerprint density at radius 2 is 1.89 bits per heavy atom. The van der Waals surface area contributed by atoms with E-state index in [1.54, 1.807) is 11.6 Å². The lowest BCUT2D eigenvalue weighted by molar-refractivity contribution is -0.127. The quantitative estimate of drug-likeness (QED) is 0.441. The number of amides is 2. The molecule has 0 spiro atoms. The molecule has 1 fully saturated rings. The number of carbonyl (C=O) groups is 2. The molecule has 0 radical (unpaired) electrons. The van der Waals surface area contributed by atoms with Crippen LogP contribution in [0.2, 0.25) is 0 Å². The number of carbonyl (C=O) groups excluding carboxylic acids is 2. The highest BCUT2D eigenvalue weighted by atomic mass is 32.1. The first kappa shape index (κ1) is 23.6. The molecule has 9 nitrogen and oxygen atoms in total. The largest absolute Gasteiger partial charge is 0.445 e. The van der Waals surface area contributed by atoms with Crippen molar-refractivity contribution in [2.75, 3.05) is 18.4 Å². The van der Waals surface area contributed by atoms with Crippen LogP contribution in [0, 0.1) is 5.82 Å². The Hall–Kier alpha value is -4.12. The summed E-state index contributed by atoms with van der Waals surface area (Å²) in [5.41, 5.74) is -0.697. The molecule has 0 aliphatic carbocycles. The summed E-state index contributed by atoms with van der Waals surface area (Å²) in [4.78, 5) is 49.6. The molecule has 2 amide bonds. The molecule has 3 heterocycles. The van der Waals surface area contributed by atoms with E-state index < -0.39 is 28.9 Å². The minimum absolute atomic E-state index is 0.0728. The molecule has 1 N–H and O–H groups in total. The predicted octanol–water partition coefficient (Wildman–Crippen LogP) is 3.76. The third-order valence-corrected chi connectivity index (χ3v) is 7.00. The summed E-state index contributed by atoms with van der Waals surface area (Å²) in [6, 6.07) is 13.1. The van der Waals surface area contributed by atoms with E-state index in [4.69, 9.17) is 4.74 Å². The van der Waals surface area contributed by atoms with E-state index >= 15 is 0 Å². The van der Waals surface area contributed by atoms with Gasteiger partial charge in [-0.05, 0) is 36.6 Å². The van der Waals surface area contributed by atoms with Gasteiger partial charge in [0.1, 0.15) is 18.0 Å². The lowest BCUT2D eigenvalue weighted by Gasteiger charge is -2.40. The number of fused-ring (bicyclic) bond motifs is 1. The van der Waals surface area contributed by atoms with Crippen molar-refractivity contribution >= 4 is 39.4 Å². The standard InChI is InChI=1S/C25H22FN5O4S/c26-18-6-7-20-19(14-18)21(32)31(16-28-20)25(22(33)29-23-27-10-13-36-23)8-11-30(12-9-25)24(34)35-15-17-4-2-1-3-5-17/h1-7,10,13-14,16H,8-9,11-12,15H2,(H,27,29,33). The van der Waals surface area contributed by atoms with Crippen molar-refractivity contribution in [3.63, 3.8) is 0 Å². The number of benzene rings is 2. The maximum absolute atomic E-state index is 13.9. The fourth-order valence-electron chi connectivity index (χ4n) is 4.34. The second kappa shape index (κ2) is 9.86. The number of rotatable bonds is 5. The summed E-state index contributed by atoms with van der Waals surface area (Å²) in [5.74, 6) is -1.02. The van der Waals surface area contributed by atoms with Crippen LogP contribution in [0.3, 0.4) is 0 Å². The van der Waals surface area contributed by atoms with Crippen molar-refractivity contribution < 1.29 is 18.7 Å². The maximum Gasteiger partial charge on any atom is 0.410 e. The Labute approximate surface area is 209 Å². The fraction of sp³-hybridized carbons (Fsp3) is 0.240. The van der Waals surface area contributed by atoms with Gasteiger partial charge in [0.05, 0.1) is 17.2 Å². The number of nitrogens with one attached hydrogen (secondary N) is 1. The average molecular weight is 508 g/mol. The zero-order valence-electron chi connectivity index (χ0n) is 19.1. The van der Waals surface area contributed by atoms with Gasteiger partial charge < -0.3 is 9.64 Å². The summed E-state index contributed by atoms with van der Waals surface area (Å²) in [6.07, 6.45) is 2.64. The van der Waals surface area contributed by atoms with Crippen molar-refractivity contribution in [2.24, 2.45) is 0 Å². The normalized spacial score (nSPS) is 15.0. The number of anilines is 1. The average Bonchev–Trinajstić information content (AvgIpc) is 3.41. The van der Waals surface area contributed by atoms with Gasteiger partial charge in [-0.3, -0.25) is 19.5 Å². The first-order valence-electron chi connectivity index (χ1n) is 11.3. The topological polar surface area (TPSA) is 106 Å². The molecule has 1 aliphatic heterocycles. The fourth-order valence-corrected chi connectivity index (χ4v) is 4.87. The van der Waals surface area contributed by atoms with Crippen molar-refractivity contribution in [3.8, 4) is 0 Å². The Morgan fingerprint density at radius 3 is 2.61 bits per heavy atom. The van der Waals surface area contributed by atoms with Gasteiger partial charge in [-0.25, -0.2) is 19.2 Å². The van der Waals surface area contributed by atoms with Crippen LogP contribution in [-0.2, 0) is 21.7 Å². The van der Waals surface area contributed by atoms with Gasteiger partial charge in [-0.1, -0.05) is 30.3 Å². The van der Waals surface area contributed by atoms with Gasteiger partial charge in [-0.15, -0.1) is 11.3 Å². The summed E-state index contributed by atoms with van der Waals surface area (Å²) >= 11 is 1.25. The van der Waals surface area contributed by atoms with Crippen LogP contribution in [0.4, 0.5) is 14.3 Å². The molecule has 184 valence electrons. The van der Waals surface area contributed by atoms with Crippen molar-refractivity contribution in [3.05, 3.63) is 88.2 Å². The minimum atomic E-state index is -1.35. The molecule has 4 aromatic rings. The van der Waals surface area contributed by atoms with Crippen LogP contribution in [0.15, 0.2) is 71.2 Å². The zero-order valence-corrected chi connectivity index (χ0v) is 19.9. The van der Waals surface area contributed by atoms with Gasteiger partial charge in [-0.2, -0.15) is 0 Å². The molecule has 1 saturated heterocycles. The highest BCUT2D eigenvalue weighted by Crippen LogP contribution is 2.32. The smallest absolute Gasteiger partial charge is 0.410 e. The molecular formula is C25H22FN5O4S. The predicted molar refractivity (Wildman–Crippen MR) is 132 cm³/mol. The van der Waals surface area contributed by atoms with E-state index in [0.717, 1.165) is 11.6 Å². The third-order valence-electron chi connectivity index (χ3n) is 6.31. The number of hydrogen-bond donors (Lipinski definition) is 1. The van der Waals surface area contributed by atoms with Crippen molar-refractivity contribution in [1.82, 2.24) is 19.4 Å². The Balaban J connectivity index is 1.42. The molecule has 0 unspecified atom stereocenters. The number of ether oxygens (including phenoxy) is 1. The van der Waals surface area contributed by atoms with E-state index in [2.05, 4.69) is 15.3 Å². The molecule has 2 aromatic heterocycles. The first-order valence-corrected chi connectivity index (χ1v) is 12.2. The Kier molecular flexibility index (Phi) is 6.47. The summed E-state index contributed by atoms with van der Waals surface area (Å²) in [7, 11) is 0. The van der Waals surface area contributed by atoms with Crippen LogP contribution in [0.25, 0.3) is 10.9 Å². The second-order valence-corrected chi connectivity index (χ2v) is 9.33. The SMILES string of the molecule is O=C(OCc1ccccc1)N1CCC(C(=O)Nc2nccs2)(n2cnc3ccc(F)cc3c2=O)CC1. The van der Waals surface area contributed by atoms with Crippen LogP contribution >= 0.6 is 11.3 Å². The maximum atomic E-state index is 13.9. The molecular weight excluding hydrogens is 485 g/mol. The van der Waals surface area contributed by atoms with Crippen LogP contribution in [0.1, 0.15) is 18.4 Å². The van der Waals surface area contributed by atoms with Gasteiger partial charge >= 0.3 is 6.09 Å². The zero-order chi connectivity index (χ0) is 25.1. The monoisotopic (exact) mass is 507 g/mol. The van der Waals surface area contributed by atoms with E-state index in [1.165, 1.54) is 39.3 Å². The van der Waals surface area contributed by atoms with Crippen LogP contribution in [-0.4, -0.2) is 44.5 Å². The van der Waals surface area contributed by atoms with Gasteiger partial charge in [0, 0.05) is 24.7 Å². The molecule has 36 heavy (non-hydrogen) atoms.